The predicted molar refractivity (Wildman–Crippen MR) is 85.6 cm³/mol. The lowest BCUT2D eigenvalue weighted by Gasteiger charge is -2.14. The Bertz CT molecular complexity index is 581. The molecule has 2 aromatic rings. The lowest BCUT2D eigenvalue weighted by molar-refractivity contribution is 0.414. The summed E-state index contributed by atoms with van der Waals surface area (Å²) in [6.45, 7) is 0. The Morgan fingerprint density at radius 1 is 1.11 bits per heavy atom. The van der Waals surface area contributed by atoms with Gasteiger partial charge in [0.25, 0.3) is 0 Å². The lowest BCUT2D eigenvalue weighted by atomic mass is 10.0. The first-order valence-corrected chi connectivity index (χ1v) is 7.95. The Labute approximate surface area is 136 Å². The van der Waals surface area contributed by atoms with Gasteiger partial charge in [-0.05, 0) is 41.5 Å². The van der Waals surface area contributed by atoms with E-state index in [2.05, 4.69) is 47.8 Å². The molecule has 1 nitrogen and oxygen atoms in total. The number of ether oxygens (including phenoxy) is 1. The van der Waals surface area contributed by atoms with Gasteiger partial charge >= 0.3 is 0 Å². The highest BCUT2D eigenvalue weighted by Gasteiger charge is 2.15. The van der Waals surface area contributed by atoms with Gasteiger partial charge in [0.15, 0.2) is 0 Å². The molecule has 19 heavy (non-hydrogen) atoms. The average molecular weight is 453 g/mol. The molecule has 0 aliphatic heterocycles. The molecule has 0 heterocycles. The van der Waals surface area contributed by atoms with Crippen molar-refractivity contribution in [3.8, 4) is 5.75 Å². The van der Waals surface area contributed by atoms with Crippen molar-refractivity contribution in [1.29, 1.82) is 0 Å². The number of rotatable bonds is 3. The number of hydrogen-bond donors (Lipinski definition) is 0. The zero-order valence-corrected chi connectivity index (χ0v) is 14.7. The van der Waals surface area contributed by atoms with E-state index in [9.17, 15) is 4.39 Å². The molecule has 2 aromatic carbocycles. The predicted octanol–water partition coefficient (Wildman–Crippen LogP) is 5.84. The number of halogens is 4. The molecule has 0 N–H and O–H groups in total. The normalized spacial score (nSPS) is 12.3. The van der Waals surface area contributed by atoms with E-state index < -0.39 is 0 Å². The van der Waals surface area contributed by atoms with Crippen LogP contribution in [-0.2, 0) is 0 Å². The van der Waals surface area contributed by atoms with E-state index in [-0.39, 0.29) is 10.6 Å². The van der Waals surface area contributed by atoms with Crippen LogP contribution in [0, 0.1) is 5.82 Å². The quantitative estimate of drug-likeness (QED) is 0.531. The maximum absolute atomic E-state index is 13.4. The van der Waals surface area contributed by atoms with E-state index in [0.29, 0.717) is 0 Å². The molecule has 100 valence electrons. The maximum atomic E-state index is 13.4. The largest absolute Gasteiger partial charge is 0.497 e. The van der Waals surface area contributed by atoms with Gasteiger partial charge in [-0.2, -0.15) is 0 Å². The zero-order valence-electron chi connectivity index (χ0n) is 9.96. The molecular formula is C14H10Br3FO. The summed E-state index contributed by atoms with van der Waals surface area (Å²) in [4.78, 5) is -0.0974. The molecular weight excluding hydrogens is 443 g/mol. The first-order chi connectivity index (χ1) is 9.01. The number of alkyl halides is 1. The molecule has 0 aromatic heterocycles. The highest BCUT2D eigenvalue weighted by Crippen LogP contribution is 2.38. The van der Waals surface area contributed by atoms with Gasteiger partial charge in [0.1, 0.15) is 11.6 Å². The molecule has 0 saturated heterocycles. The molecule has 0 amide bonds. The molecule has 0 saturated carbocycles. The fraction of sp³-hybridized carbons (Fsp3) is 0.143. The summed E-state index contributed by atoms with van der Waals surface area (Å²) in [6, 6.07) is 10.5. The molecule has 2 rings (SSSR count). The second-order valence-corrected chi connectivity index (χ2v) is 6.64. The van der Waals surface area contributed by atoms with E-state index in [1.54, 1.807) is 7.11 Å². The summed E-state index contributed by atoms with van der Waals surface area (Å²) in [5.74, 6) is 0.509. The minimum Gasteiger partial charge on any atom is -0.497 e. The average Bonchev–Trinajstić information content (AvgIpc) is 2.36. The summed E-state index contributed by atoms with van der Waals surface area (Å²) in [5, 5.41) is 0. The van der Waals surface area contributed by atoms with Crippen LogP contribution in [0.2, 0.25) is 0 Å². The van der Waals surface area contributed by atoms with Crippen molar-refractivity contribution in [2.24, 2.45) is 0 Å². The maximum Gasteiger partial charge on any atom is 0.124 e. The van der Waals surface area contributed by atoms with Gasteiger partial charge < -0.3 is 4.74 Å². The Kier molecular flexibility index (Phi) is 5.03. The molecule has 0 aliphatic carbocycles. The van der Waals surface area contributed by atoms with Crippen molar-refractivity contribution in [1.82, 2.24) is 0 Å². The Balaban J connectivity index is 2.40. The highest BCUT2D eigenvalue weighted by atomic mass is 79.9. The molecule has 0 spiro atoms. The van der Waals surface area contributed by atoms with Gasteiger partial charge in [-0.3, -0.25) is 0 Å². The van der Waals surface area contributed by atoms with Crippen molar-refractivity contribution in [3.05, 3.63) is 62.3 Å². The van der Waals surface area contributed by atoms with Gasteiger partial charge in [-0.15, -0.1) is 0 Å². The molecule has 0 bridgehead atoms. The summed E-state index contributed by atoms with van der Waals surface area (Å²) >= 11 is 10.4. The van der Waals surface area contributed by atoms with Crippen molar-refractivity contribution in [2.45, 2.75) is 4.83 Å². The third-order valence-corrected chi connectivity index (χ3v) is 4.82. The van der Waals surface area contributed by atoms with Crippen molar-refractivity contribution < 1.29 is 9.13 Å². The van der Waals surface area contributed by atoms with Crippen LogP contribution >= 0.6 is 47.8 Å². The van der Waals surface area contributed by atoms with E-state index in [0.717, 1.165) is 25.8 Å². The fourth-order valence-corrected chi connectivity index (χ4v) is 3.78. The van der Waals surface area contributed by atoms with Crippen LogP contribution < -0.4 is 4.74 Å². The minimum atomic E-state index is -0.265. The van der Waals surface area contributed by atoms with Crippen molar-refractivity contribution >= 4 is 47.8 Å². The third-order valence-electron chi connectivity index (χ3n) is 2.66. The van der Waals surface area contributed by atoms with Gasteiger partial charge in [0.2, 0.25) is 0 Å². The number of hydrogen-bond acceptors (Lipinski definition) is 1. The second kappa shape index (κ2) is 6.37. The van der Waals surface area contributed by atoms with Crippen LogP contribution in [0.3, 0.4) is 0 Å². The summed E-state index contributed by atoms with van der Waals surface area (Å²) in [5.41, 5.74) is 1.86. The first kappa shape index (κ1) is 15.0. The highest BCUT2D eigenvalue weighted by molar-refractivity contribution is 9.11. The van der Waals surface area contributed by atoms with Crippen LogP contribution in [0.25, 0.3) is 0 Å². The molecule has 5 heteroatoms. The smallest absolute Gasteiger partial charge is 0.124 e. The van der Waals surface area contributed by atoms with E-state index in [4.69, 9.17) is 4.74 Å². The number of methoxy groups -OCH3 is 1. The Hall–Kier alpha value is -0.390. The standard InChI is InChI=1S/C14H10Br3FO/c1-19-11-2-3-12(13(16)7-11)14(17)8-4-9(15)6-10(18)5-8/h2-7,14H,1H3. The van der Waals surface area contributed by atoms with Gasteiger partial charge in [0.05, 0.1) is 11.9 Å². The molecule has 0 fully saturated rings. The Morgan fingerprint density at radius 2 is 1.84 bits per heavy atom. The molecule has 0 aliphatic rings. The van der Waals surface area contributed by atoms with Crippen LogP contribution in [0.1, 0.15) is 16.0 Å². The van der Waals surface area contributed by atoms with Gasteiger partial charge in [0, 0.05) is 8.95 Å². The SMILES string of the molecule is COc1ccc(C(Br)c2cc(F)cc(Br)c2)c(Br)c1. The molecule has 1 unspecified atom stereocenters. The number of benzene rings is 2. The zero-order chi connectivity index (χ0) is 14.0. The third kappa shape index (κ3) is 3.58. The molecule has 1 atom stereocenters. The first-order valence-electron chi connectivity index (χ1n) is 5.44. The topological polar surface area (TPSA) is 9.23 Å². The minimum absolute atomic E-state index is 0.0974. The second-order valence-electron chi connectivity index (χ2n) is 3.95. The van der Waals surface area contributed by atoms with Crippen molar-refractivity contribution in [2.75, 3.05) is 7.11 Å². The van der Waals surface area contributed by atoms with E-state index in [1.807, 2.05) is 24.3 Å². The van der Waals surface area contributed by atoms with Gasteiger partial charge in [-0.25, -0.2) is 4.39 Å². The Morgan fingerprint density at radius 3 is 2.42 bits per heavy atom. The van der Waals surface area contributed by atoms with E-state index in [1.165, 1.54) is 12.1 Å². The van der Waals surface area contributed by atoms with Crippen molar-refractivity contribution in [3.63, 3.8) is 0 Å². The summed E-state index contributed by atoms with van der Waals surface area (Å²) < 4.78 is 20.2. The van der Waals surface area contributed by atoms with E-state index >= 15 is 0 Å². The fourth-order valence-electron chi connectivity index (χ4n) is 1.74. The van der Waals surface area contributed by atoms with Crippen LogP contribution in [-0.4, -0.2) is 7.11 Å². The summed E-state index contributed by atoms with van der Waals surface area (Å²) in [6.07, 6.45) is 0. The van der Waals surface area contributed by atoms with Gasteiger partial charge in [-0.1, -0.05) is 53.9 Å². The van der Waals surface area contributed by atoms with Crippen LogP contribution in [0.4, 0.5) is 4.39 Å². The molecule has 0 radical (unpaired) electrons. The summed E-state index contributed by atoms with van der Waals surface area (Å²) in [7, 11) is 1.62. The lowest BCUT2D eigenvalue weighted by Crippen LogP contribution is -1.96. The van der Waals surface area contributed by atoms with Crippen LogP contribution in [0.15, 0.2) is 45.3 Å². The van der Waals surface area contributed by atoms with Crippen LogP contribution in [0.5, 0.6) is 5.75 Å². The monoisotopic (exact) mass is 450 g/mol.